The predicted octanol–water partition coefficient (Wildman–Crippen LogP) is 0.152. The van der Waals surface area contributed by atoms with Crippen LogP contribution in [0.5, 0.6) is 0 Å². The lowest BCUT2D eigenvalue weighted by Gasteiger charge is -2.08. The van der Waals surface area contributed by atoms with E-state index in [1.54, 1.807) is 0 Å². The summed E-state index contributed by atoms with van der Waals surface area (Å²) in [5.74, 6) is -4.26. The molecule has 2 heterocycles. The summed E-state index contributed by atoms with van der Waals surface area (Å²) >= 11 is 0. The van der Waals surface area contributed by atoms with Crippen LogP contribution in [0, 0.1) is 0 Å². The van der Waals surface area contributed by atoms with Gasteiger partial charge < -0.3 is 14.6 Å². The molecule has 1 aliphatic rings. The number of hydrogen-bond acceptors (Lipinski definition) is 6. The minimum atomic E-state index is -3.35. The lowest BCUT2D eigenvalue weighted by Crippen LogP contribution is -2.28. The zero-order chi connectivity index (χ0) is 12.3. The first-order valence-electron chi connectivity index (χ1n) is 5.13. The molecule has 94 valence electrons. The number of carbonyl (C=O) groups excluding carboxylic acids is 1. The standard InChI is InChI=1S/C9H11F2N3O3/c10-9(11)3-6(17-8(9)15)4-12-2-1-7-13-5-16-14-7/h5-6,12H,1-4H2. The van der Waals surface area contributed by atoms with Gasteiger partial charge in [-0.15, -0.1) is 0 Å². The van der Waals surface area contributed by atoms with Crippen molar-refractivity contribution in [1.82, 2.24) is 15.5 Å². The van der Waals surface area contributed by atoms with Gasteiger partial charge in [-0.05, 0) is 0 Å². The van der Waals surface area contributed by atoms with Crippen LogP contribution in [0.2, 0.25) is 0 Å². The molecule has 17 heavy (non-hydrogen) atoms. The average Bonchev–Trinajstić information content (AvgIpc) is 2.83. The quantitative estimate of drug-likeness (QED) is 0.589. The maximum absolute atomic E-state index is 12.8. The van der Waals surface area contributed by atoms with Crippen LogP contribution in [0.1, 0.15) is 12.2 Å². The zero-order valence-corrected chi connectivity index (χ0v) is 8.86. The largest absolute Gasteiger partial charge is 0.456 e. The van der Waals surface area contributed by atoms with Crippen LogP contribution in [-0.2, 0) is 16.0 Å². The number of alkyl halides is 2. The molecule has 2 rings (SSSR count). The molecule has 0 spiro atoms. The molecule has 1 unspecified atom stereocenters. The maximum Gasteiger partial charge on any atom is 0.377 e. The van der Waals surface area contributed by atoms with E-state index in [9.17, 15) is 13.6 Å². The fourth-order valence-electron chi connectivity index (χ4n) is 1.53. The highest BCUT2D eigenvalue weighted by Gasteiger charge is 2.50. The molecule has 1 aromatic heterocycles. The van der Waals surface area contributed by atoms with Gasteiger partial charge >= 0.3 is 11.9 Å². The number of cyclic esters (lactones) is 1. The number of nitrogens with one attached hydrogen (secondary N) is 1. The predicted molar refractivity (Wildman–Crippen MR) is 50.3 cm³/mol. The molecular formula is C9H11F2N3O3. The minimum Gasteiger partial charge on any atom is -0.456 e. The van der Waals surface area contributed by atoms with E-state index in [1.165, 1.54) is 6.39 Å². The summed E-state index contributed by atoms with van der Waals surface area (Å²) in [5.41, 5.74) is 0. The number of esters is 1. The average molecular weight is 247 g/mol. The van der Waals surface area contributed by atoms with Crippen LogP contribution in [0.4, 0.5) is 8.78 Å². The molecule has 0 aliphatic carbocycles. The highest BCUT2D eigenvalue weighted by atomic mass is 19.3. The number of carbonyl (C=O) groups is 1. The van der Waals surface area contributed by atoms with Crippen molar-refractivity contribution in [3.05, 3.63) is 12.2 Å². The maximum atomic E-state index is 12.8. The van der Waals surface area contributed by atoms with Gasteiger partial charge in [-0.3, -0.25) is 0 Å². The number of nitrogens with zero attached hydrogens (tertiary/aromatic N) is 2. The van der Waals surface area contributed by atoms with Crippen LogP contribution in [0.15, 0.2) is 10.9 Å². The SMILES string of the molecule is O=C1OC(CNCCc2ncon2)CC1(F)F. The third-order valence-corrected chi connectivity index (χ3v) is 2.36. The fourth-order valence-corrected chi connectivity index (χ4v) is 1.53. The Morgan fingerprint density at radius 2 is 2.41 bits per heavy atom. The summed E-state index contributed by atoms with van der Waals surface area (Å²) in [6.07, 6.45) is 0.395. The second-order valence-electron chi connectivity index (χ2n) is 3.74. The Morgan fingerprint density at radius 1 is 1.59 bits per heavy atom. The van der Waals surface area contributed by atoms with Gasteiger partial charge in [-0.25, -0.2) is 4.79 Å². The number of rotatable bonds is 5. The van der Waals surface area contributed by atoms with E-state index in [1.807, 2.05) is 0 Å². The van der Waals surface area contributed by atoms with Crippen molar-refractivity contribution in [3.8, 4) is 0 Å². The molecule has 1 aliphatic heterocycles. The second-order valence-corrected chi connectivity index (χ2v) is 3.74. The van der Waals surface area contributed by atoms with E-state index in [4.69, 9.17) is 0 Å². The van der Waals surface area contributed by atoms with Gasteiger partial charge in [-0.2, -0.15) is 13.8 Å². The van der Waals surface area contributed by atoms with Crippen LogP contribution >= 0.6 is 0 Å². The van der Waals surface area contributed by atoms with E-state index >= 15 is 0 Å². The van der Waals surface area contributed by atoms with Crippen molar-refractivity contribution < 1.29 is 22.8 Å². The monoisotopic (exact) mass is 247 g/mol. The molecule has 0 bridgehead atoms. The molecular weight excluding hydrogens is 236 g/mol. The number of halogens is 2. The first kappa shape index (κ1) is 11.9. The van der Waals surface area contributed by atoms with E-state index in [0.717, 1.165) is 0 Å². The highest BCUT2D eigenvalue weighted by Crippen LogP contribution is 2.30. The van der Waals surface area contributed by atoms with Crippen molar-refractivity contribution >= 4 is 5.97 Å². The summed E-state index contributed by atoms with van der Waals surface area (Å²) < 4.78 is 34.6. The molecule has 1 aromatic rings. The molecule has 1 atom stereocenters. The topological polar surface area (TPSA) is 77.2 Å². The Bertz CT molecular complexity index is 383. The minimum absolute atomic E-state index is 0.194. The van der Waals surface area contributed by atoms with E-state index < -0.39 is 24.4 Å². The summed E-state index contributed by atoms with van der Waals surface area (Å²) in [7, 11) is 0. The Labute approximate surface area is 95.3 Å². The smallest absolute Gasteiger partial charge is 0.377 e. The van der Waals surface area contributed by atoms with Crippen LogP contribution in [0.3, 0.4) is 0 Å². The van der Waals surface area contributed by atoms with Gasteiger partial charge in [0.05, 0.1) is 6.42 Å². The van der Waals surface area contributed by atoms with Crippen molar-refractivity contribution in [1.29, 1.82) is 0 Å². The molecule has 1 N–H and O–H groups in total. The number of aromatic nitrogens is 2. The van der Waals surface area contributed by atoms with E-state index in [-0.39, 0.29) is 6.54 Å². The van der Waals surface area contributed by atoms with E-state index in [2.05, 4.69) is 24.7 Å². The van der Waals surface area contributed by atoms with Gasteiger partial charge in [0.2, 0.25) is 6.39 Å². The third-order valence-electron chi connectivity index (χ3n) is 2.36. The molecule has 1 saturated heterocycles. The Morgan fingerprint density at radius 3 is 3.00 bits per heavy atom. The molecule has 8 heteroatoms. The first-order chi connectivity index (χ1) is 8.08. The highest BCUT2D eigenvalue weighted by molar-refractivity contribution is 5.79. The third kappa shape index (κ3) is 2.96. The second kappa shape index (κ2) is 4.74. The summed E-state index contributed by atoms with van der Waals surface area (Å²) in [6.45, 7) is 0.693. The zero-order valence-electron chi connectivity index (χ0n) is 8.86. The summed E-state index contributed by atoms with van der Waals surface area (Å²) in [4.78, 5) is 14.5. The van der Waals surface area contributed by atoms with Crippen LogP contribution < -0.4 is 5.32 Å². The van der Waals surface area contributed by atoms with Gasteiger partial charge in [0.25, 0.3) is 0 Å². The lowest BCUT2D eigenvalue weighted by molar-refractivity contribution is -0.158. The van der Waals surface area contributed by atoms with Gasteiger partial charge in [0, 0.05) is 19.5 Å². The molecule has 0 saturated carbocycles. The van der Waals surface area contributed by atoms with Gasteiger partial charge in [-0.1, -0.05) is 5.16 Å². The Balaban J connectivity index is 1.65. The van der Waals surface area contributed by atoms with Crippen molar-refractivity contribution in [2.45, 2.75) is 24.9 Å². The lowest BCUT2D eigenvalue weighted by atomic mass is 10.2. The van der Waals surface area contributed by atoms with Crippen LogP contribution in [0.25, 0.3) is 0 Å². The molecule has 0 amide bonds. The van der Waals surface area contributed by atoms with E-state index in [0.29, 0.717) is 18.8 Å². The first-order valence-corrected chi connectivity index (χ1v) is 5.13. The fraction of sp³-hybridized carbons (Fsp3) is 0.667. The number of ether oxygens (including phenoxy) is 1. The molecule has 1 fully saturated rings. The van der Waals surface area contributed by atoms with Gasteiger partial charge in [0.15, 0.2) is 5.82 Å². The molecule has 0 radical (unpaired) electrons. The normalized spacial score (nSPS) is 22.7. The Hall–Kier alpha value is -1.57. The van der Waals surface area contributed by atoms with Crippen molar-refractivity contribution in [2.75, 3.05) is 13.1 Å². The van der Waals surface area contributed by atoms with Crippen molar-refractivity contribution in [3.63, 3.8) is 0 Å². The molecule has 6 nitrogen and oxygen atoms in total. The van der Waals surface area contributed by atoms with Crippen LogP contribution in [-0.4, -0.2) is 41.2 Å². The van der Waals surface area contributed by atoms with Crippen molar-refractivity contribution in [2.24, 2.45) is 0 Å². The summed E-state index contributed by atoms with van der Waals surface area (Å²) in [5, 5.41) is 6.48. The number of hydrogen-bond donors (Lipinski definition) is 1. The van der Waals surface area contributed by atoms with Gasteiger partial charge in [0.1, 0.15) is 6.10 Å². The Kier molecular flexibility index (Phi) is 3.32. The molecule has 0 aromatic carbocycles. The summed E-state index contributed by atoms with van der Waals surface area (Å²) in [6, 6.07) is 0.